The summed E-state index contributed by atoms with van der Waals surface area (Å²) in [6.07, 6.45) is 5.81. The number of halogens is 1. The Labute approximate surface area is 140 Å². The van der Waals surface area contributed by atoms with E-state index >= 15 is 0 Å². The number of aliphatic imine (C=N–C) groups is 1. The fourth-order valence-corrected chi connectivity index (χ4v) is 2.76. The Bertz CT molecular complexity index is 594. The summed E-state index contributed by atoms with van der Waals surface area (Å²) in [6.45, 7) is 2.75. The first-order valence-electron chi connectivity index (χ1n) is 7.51. The van der Waals surface area contributed by atoms with Crippen LogP contribution in [0.4, 0.5) is 10.1 Å². The molecule has 1 saturated heterocycles. The maximum Gasteiger partial charge on any atom is 0.183 e. The average molecular weight is 336 g/mol. The minimum absolute atomic E-state index is 0.382. The van der Waals surface area contributed by atoms with Crippen molar-refractivity contribution >= 4 is 22.6 Å². The van der Waals surface area contributed by atoms with Crippen molar-refractivity contribution in [2.24, 2.45) is 10.9 Å². The number of ether oxygens (including phenoxy) is 1. The molecule has 1 aliphatic rings. The molecule has 0 aromatic heterocycles. The Morgan fingerprint density at radius 2 is 2.26 bits per heavy atom. The topological polar surface area (TPSA) is 60.6 Å². The summed E-state index contributed by atoms with van der Waals surface area (Å²) in [5.41, 5.74) is 0.394. The van der Waals surface area contributed by atoms with E-state index in [9.17, 15) is 4.39 Å². The van der Waals surface area contributed by atoms with E-state index in [1.54, 1.807) is 12.3 Å². The molecule has 0 atom stereocenters. The first kappa shape index (κ1) is 17.6. The van der Waals surface area contributed by atoms with E-state index in [0.29, 0.717) is 29.1 Å². The lowest BCUT2D eigenvalue weighted by molar-refractivity contribution is 0.160. The number of likely N-dealkylation sites (tertiary alicyclic amines) is 1. The summed E-state index contributed by atoms with van der Waals surface area (Å²) in [5.74, 6) is 0.662. The fraction of sp³-hybridized carbons (Fsp3) is 0.500. The van der Waals surface area contributed by atoms with Crippen molar-refractivity contribution in [3.63, 3.8) is 0 Å². The van der Waals surface area contributed by atoms with Crippen LogP contribution in [0.25, 0.3) is 0 Å². The molecule has 0 saturated carbocycles. The number of amidine groups is 1. The van der Waals surface area contributed by atoms with Crippen molar-refractivity contribution in [2.75, 3.05) is 33.0 Å². The molecule has 23 heavy (non-hydrogen) atoms. The third-order valence-corrected chi connectivity index (χ3v) is 4.39. The summed E-state index contributed by atoms with van der Waals surface area (Å²) in [4.78, 5) is 6.58. The molecule has 124 valence electrons. The van der Waals surface area contributed by atoms with Gasteiger partial charge in [0.15, 0.2) is 11.4 Å². The Hall–Kier alpha value is -1.78. The Morgan fingerprint density at radius 3 is 2.91 bits per heavy atom. The van der Waals surface area contributed by atoms with Crippen molar-refractivity contribution in [1.82, 2.24) is 10.2 Å². The van der Waals surface area contributed by atoms with Crippen molar-refractivity contribution < 1.29 is 9.13 Å². The number of hydrogen-bond donors (Lipinski definition) is 1. The number of thioether (sulfide) groups is 1. The SMILES string of the molecule is CSC(=Nc1cc(F)ccc1OCC1CCN(C)CC1)NC#N. The largest absolute Gasteiger partial charge is 0.491 e. The first-order chi connectivity index (χ1) is 11.1. The molecule has 1 aromatic rings. The van der Waals surface area contributed by atoms with E-state index < -0.39 is 0 Å². The van der Waals surface area contributed by atoms with Gasteiger partial charge in [0.25, 0.3) is 0 Å². The number of nitrogens with one attached hydrogen (secondary N) is 1. The van der Waals surface area contributed by atoms with Gasteiger partial charge in [-0.15, -0.1) is 0 Å². The standard InChI is InChI=1S/C16H21FN4OS/c1-21-7-5-12(6-8-21)10-22-15-4-3-13(17)9-14(15)20-16(23-2)19-11-18/h3-4,9,12H,5-8,10H2,1-2H3,(H,19,20). The van der Waals surface area contributed by atoms with Crippen LogP contribution >= 0.6 is 11.8 Å². The van der Waals surface area contributed by atoms with Crippen LogP contribution in [0.1, 0.15) is 12.8 Å². The summed E-state index contributed by atoms with van der Waals surface area (Å²) in [5, 5.41) is 11.6. The van der Waals surface area contributed by atoms with Gasteiger partial charge in [-0.3, -0.25) is 5.32 Å². The van der Waals surface area contributed by atoms with Crippen LogP contribution < -0.4 is 10.1 Å². The maximum absolute atomic E-state index is 13.5. The Balaban J connectivity index is 2.07. The Morgan fingerprint density at radius 1 is 1.52 bits per heavy atom. The summed E-state index contributed by atoms with van der Waals surface area (Å²) in [6, 6.07) is 4.27. The third-order valence-electron chi connectivity index (χ3n) is 3.81. The number of piperidine rings is 1. The van der Waals surface area contributed by atoms with Crippen molar-refractivity contribution in [1.29, 1.82) is 5.26 Å². The molecular weight excluding hydrogens is 315 g/mol. The fourth-order valence-electron chi connectivity index (χ4n) is 2.42. The highest BCUT2D eigenvalue weighted by Gasteiger charge is 2.18. The quantitative estimate of drug-likeness (QED) is 0.396. The second-order valence-corrected chi connectivity index (χ2v) is 6.32. The normalized spacial score (nSPS) is 16.9. The molecule has 0 spiro atoms. The van der Waals surface area contributed by atoms with E-state index in [1.165, 1.54) is 23.9 Å². The van der Waals surface area contributed by atoms with Crippen LogP contribution in [0.5, 0.6) is 5.75 Å². The molecule has 2 rings (SSSR count). The maximum atomic E-state index is 13.5. The molecule has 0 aliphatic carbocycles. The van der Waals surface area contributed by atoms with Gasteiger partial charge in [-0.2, -0.15) is 5.26 Å². The second kappa shape index (κ2) is 8.75. The number of nitriles is 1. The predicted molar refractivity (Wildman–Crippen MR) is 91.5 cm³/mol. The molecule has 1 aliphatic heterocycles. The van der Waals surface area contributed by atoms with Gasteiger partial charge in [0.1, 0.15) is 17.3 Å². The summed E-state index contributed by atoms with van der Waals surface area (Å²) < 4.78 is 19.4. The van der Waals surface area contributed by atoms with Gasteiger partial charge in [0.2, 0.25) is 0 Å². The van der Waals surface area contributed by atoms with E-state index in [4.69, 9.17) is 10.00 Å². The van der Waals surface area contributed by atoms with E-state index in [0.717, 1.165) is 25.9 Å². The molecule has 1 heterocycles. The minimum atomic E-state index is -0.382. The number of nitrogens with zero attached hydrogens (tertiary/aromatic N) is 3. The Kier molecular flexibility index (Phi) is 6.68. The molecule has 0 radical (unpaired) electrons. The number of rotatable bonds is 4. The first-order valence-corrected chi connectivity index (χ1v) is 8.73. The minimum Gasteiger partial charge on any atom is -0.491 e. The lowest BCUT2D eigenvalue weighted by Gasteiger charge is -2.28. The van der Waals surface area contributed by atoms with E-state index in [-0.39, 0.29) is 5.82 Å². The van der Waals surface area contributed by atoms with Gasteiger partial charge in [-0.1, -0.05) is 11.8 Å². The highest BCUT2D eigenvalue weighted by atomic mass is 32.2. The van der Waals surface area contributed by atoms with Gasteiger partial charge in [0.05, 0.1) is 6.61 Å². The van der Waals surface area contributed by atoms with Crippen molar-refractivity contribution in [2.45, 2.75) is 12.8 Å². The molecular formula is C16H21FN4OS. The zero-order valence-corrected chi connectivity index (χ0v) is 14.2. The monoisotopic (exact) mass is 336 g/mol. The smallest absolute Gasteiger partial charge is 0.183 e. The lowest BCUT2D eigenvalue weighted by atomic mass is 9.98. The molecule has 5 nitrogen and oxygen atoms in total. The van der Waals surface area contributed by atoms with Crippen LogP contribution in [0.2, 0.25) is 0 Å². The van der Waals surface area contributed by atoms with Crippen LogP contribution in [-0.4, -0.2) is 43.1 Å². The molecule has 0 unspecified atom stereocenters. The number of hydrogen-bond acceptors (Lipinski definition) is 5. The van der Waals surface area contributed by atoms with Crippen LogP contribution in [0.15, 0.2) is 23.2 Å². The predicted octanol–water partition coefficient (Wildman–Crippen LogP) is 2.97. The average Bonchev–Trinajstić information content (AvgIpc) is 2.55. The van der Waals surface area contributed by atoms with Gasteiger partial charge >= 0.3 is 0 Å². The van der Waals surface area contributed by atoms with Gasteiger partial charge in [-0.05, 0) is 57.3 Å². The van der Waals surface area contributed by atoms with Gasteiger partial charge in [0, 0.05) is 6.07 Å². The molecule has 0 bridgehead atoms. The number of benzene rings is 1. The molecule has 1 aromatic carbocycles. The lowest BCUT2D eigenvalue weighted by Crippen LogP contribution is -2.32. The molecule has 1 fully saturated rings. The van der Waals surface area contributed by atoms with E-state index in [1.807, 2.05) is 6.19 Å². The van der Waals surface area contributed by atoms with Gasteiger partial charge in [-0.25, -0.2) is 9.38 Å². The molecule has 1 N–H and O–H groups in total. The highest BCUT2D eigenvalue weighted by Crippen LogP contribution is 2.30. The molecule has 0 amide bonds. The third kappa shape index (κ3) is 5.41. The van der Waals surface area contributed by atoms with Crippen molar-refractivity contribution in [3.05, 3.63) is 24.0 Å². The molecule has 7 heteroatoms. The second-order valence-electron chi connectivity index (χ2n) is 5.53. The highest BCUT2D eigenvalue weighted by molar-refractivity contribution is 8.13. The zero-order chi connectivity index (χ0) is 16.7. The van der Waals surface area contributed by atoms with Gasteiger partial charge < -0.3 is 9.64 Å². The summed E-state index contributed by atoms with van der Waals surface area (Å²) >= 11 is 1.28. The van der Waals surface area contributed by atoms with Crippen LogP contribution in [0, 0.1) is 23.2 Å². The van der Waals surface area contributed by atoms with Crippen LogP contribution in [0.3, 0.4) is 0 Å². The summed E-state index contributed by atoms with van der Waals surface area (Å²) in [7, 11) is 2.12. The van der Waals surface area contributed by atoms with Crippen LogP contribution in [-0.2, 0) is 0 Å². The van der Waals surface area contributed by atoms with Crippen molar-refractivity contribution in [3.8, 4) is 11.9 Å². The zero-order valence-electron chi connectivity index (χ0n) is 13.4. The van der Waals surface area contributed by atoms with E-state index in [2.05, 4.69) is 22.3 Å².